The largest absolute Gasteiger partial charge is 0.390 e. The van der Waals surface area contributed by atoms with E-state index in [4.69, 9.17) is 0 Å². The van der Waals surface area contributed by atoms with Crippen LogP contribution in [0.1, 0.15) is 87.0 Å². The molecule has 22 heavy (non-hydrogen) atoms. The molecule has 0 aromatic carbocycles. The highest BCUT2D eigenvalue weighted by Gasteiger charge is 2.43. The van der Waals surface area contributed by atoms with Gasteiger partial charge < -0.3 is 15.0 Å². The van der Waals surface area contributed by atoms with Crippen LogP contribution in [-0.4, -0.2) is 27.7 Å². The minimum absolute atomic E-state index is 0.139. The van der Waals surface area contributed by atoms with Gasteiger partial charge in [-0.25, -0.2) is 0 Å². The lowest BCUT2D eigenvalue weighted by Gasteiger charge is -2.45. The normalized spacial score (nSPS) is 32.4. The van der Waals surface area contributed by atoms with Gasteiger partial charge in [-0.1, -0.05) is 54.9 Å². The van der Waals surface area contributed by atoms with Gasteiger partial charge in [0.05, 0.1) is 11.2 Å². The number of aldehydes is 1. The van der Waals surface area contributed by atoms with Crippen molar-refractivity contribution in [3.05, 3.63) is 0 Å². The standard InChI is InChI=1S/C12H24O2.C7H14O/c1-4-6-12(14)8-10(3)7-11(13,5-2)9-12;1-6(2)7(3,4)5-8/h10,13-14H,4-9H2,1-3H3;5-6H,1-4H3. The molecule has 0 saturated heterocycles. The molecule has 0 amide bonds. The van der Waals surface area contributed by atoms with E-state index in [1.807, 2.05) is 20.8 Å². The van der Waals surface area contributed by atoms with Crippen molar-refractivity contribution in [3.63, 3.8) is 0 Å². The second-order valence-corrected chi connectivity index (χ2v) is 8.34. The summed E-state index contributed by atoms with van der Waals surface area (Å²) in [5.74, 6) is 0.880. The van der Waals surface area contributed by atoms with E-state index in [1.165, 1.54) is 0 Å². The quantitative estimate of drug-likeness (QED) is 0.742. The molecule has 0 spiro atoms. The molecule has 0 aromatic heterocycles. The van der Waals surface area contributed by atoms with Gasteiger partial charge in [0.2, 0.25) is 0 Å². The Morgan fingerprint density at radius 1 is 1.18 bits per heavy atom. The molecule has 1 aliphatic carbocycles. The van der Waals surface area contributed by atoms with Gasteiger partial charge in [-0.15, -0.1) is 0 Å². The van der Waals surface area contributed by atoms with E-state index in [0.717, 1.165) is 38.4 Å². The third-order valence-electron chi connectivity index (χ3n) is 5.28. The zero-order chi connectivity index (χ0) is 17.6. The van der Waals surface area contributed by atoms with Gasteiger partial charge in [-0.05, 0) is 37.5 Å². The minimum atomic E-state index is -0.623. The molecule has 0 aromatic rings. The van der Waals surface area contributed by atoms with E-state index >= 15 is 0 Å². The lowest BCUT2D eigenvalue weighted by Crippen LogP contribution is -2.48. The van der Waals surface area contributed by atoms with Crippen LogP contribution in [0.4, 0.5) is 0 Å². The van der Waals surface area contributed by atoms with E-state index in [0.29, 0.717) is 18.3 Å². The van der Waals surface area contributed by atoms with Crippen LogP contribution in [0.2, 0.25) is 0 Å². The molecule has 0 heterocycles. The van der Waals surface area contributed by atoms with Crippen LogP contribution >= 0.6 is 0 Å². The molecule has 2 N–H and O–H groups in total. The molecule has 0 aliphatic heterocycles. The van der Waals surface area contributed by atoms with Gasteiger partial charge in [-0.3, -0.25) is 0 Å². The van der Waals surface area contributed by atoms with Gasteiger partial charge in [-0.2, -0.15) is 0 Å². The van der Waals surface area contributed by atoms with E-state index < -0.39 is 11.2 Å². The number of hydrogen-bond donors (Lipinski definition) is 2. The number of rotatable bonds is 5. The van der Waals surface area contributed by atoms with Crippen LogP contribution in [0.25, 0.3) is 0 Å². The van der Waals surface area contributed by atoms with Gasteiger partial charge in [0.15, 0.2) is 0 Å². The maximum Gasteiger partial charge on any atom is 0.125 e. The van der Waals surface area contributed by atoms with Crippen molar-refractivity contribution < 1.29 is 15.0 Å². The average molecular weight is 315 g/mol. The Morgan fingerprint density at radius 2 is 1.68 bits per heavy atom. The first-order valence-corrected chi connectivity index (χ1v) is 8.84. The van der Waals surface area contributed by atoms with Crippen molar-refractivity contribution >= 4 is 6.29 Å². The number of carbonyl (C=O) groups excluding carboxylic acids is 1. The molecule has 0 radical (unpaired) electrons. The Balaban J connectivity index is 0.000000472. The molecular weight excluding hydrogens is 276 g/mol. The summed E-state index contributed by atoms with van der Waals surface area (Å²) in [5, 5.41) is 20.6. The van der Waals surface area contributed by atoms with Crippen molar-refractivity contribution in [1.29, 1.82) is 0 Å². The third kappa shape index (κ3) is 6.78. The molecule has 1 rings (SSSR count). The minimum Gasteiger partial charge on any atom is -0.390 e. The summed E-state index contributed by atoms with van der Waals surface area (Å²) in [7, 11) is 0. The van der Waals surface area contributed by atoms with Crippen molar-refractivity contribution in [1.82, 2.24) is 0 Å². The van der Waals surface area contributed by atoms with E-state index in [1.54, 1.807) is 0 Å². The van der Waals surface area contributed by atoms with Crippen LogP contribution in [-0.2, 0) is 4.79 Å². The van der Waals surface area contributed by atoms with Crippen LogP contribution in [0.15, 0.2) is 0 Å². The zero-order valence-corrected chi connectivity index (χ0v) is 15.8. The second-order valence-electron chi connectivity index (χ2n) is 8.34. The van der Waals surface area contributed by atoms with E-state index in [2.05, 4.69) is 27.7 Å². The number of carbonyl (C=O) groups is 1. The molecule has 132 valence electrons. The van der Waals surface area contributed by atoms with E-state index in [9.17, 15) is 15.0 Å². The highest BCUT2D eigenvalue weighted by atomic mass is 16.3. The maximum absolute atomic E-state index is 10.3. The summed E-state index contributed by atoms with van der Waals surface area (Å²) < 4.78 is 0. The first kappa shape index (κ1) is 21.6. The molecule has 1 saturated carbocycles. The van der Waals surface area contributed by atoms with Crippen molar-refractivity contribution in [2.45, 2.75) is 98.2 Å². The summed E-state index contributed by atoms with van der Waals surface area (Å²) in [6.45, 7) is 14.2. The lowest BCUT2D eigenvalue weighted by atomic mass is 9.68. The fourth-order valence-electron chi connectivity index (χ4n) is 3.19. The Labute approximate surface area is 137 Å². The Morgan fingerprint density at radius 3 is 2.00 bits per heavy atom. The summed E-state index contributed by atoms with van der Waals surface area (Å²) >= 11 is 0. The zero-order valence-electron chi connectivity index (χ0n) is 15.8. The van der Waals surface area contributed by atoms with Gasteiger partial charge in [0.25, 0.3) is 0 Å². The predicted octanol–water partition coefficient (Wildman–Crippen LogP) is 4.35. The van der Waals surface area contributed by atoms with E-state index in [-0.39, 0.29) is 5.41 Å². The highest BCUT2D eigenvalue weighted by Crippen LogP contribution is 2.42. The smallest absolute Gasteiger partial charge is 0.125 e. The summed E-state index contributed by atoms with van der Waals surface area (Å²) in [6.07, 6.45) is 5.83. The van der Waals surface area contributed by atoms with Gasteiger partial charge >= 0.3 is 0 Å². The summed E-state index contributed by atoms with van der Waals surface area (Å²) in [5.41, 5.74) is -1.38. The second kappa shape index (κ2) is 8.44. The molecule has 1 fully saturated rings. The Bertz CT molecular complexity index is 338. The highest BCUT2D eigenvalue weighted by molar-refractivity contribution is 5.58. The topological polar surface area (TPSA) is 57.5 Å². The van der Waals surface area contributed by atoms with Crippen LogP contribution in [0, 0.1) is 17.3 Å². The fraction of sp³-hybridized carbons (Fsp3) is 0.947. The van der Waals surface area contributed by atoms with Crippen LogP contribution in [0.3, 0.4) is 0 Å². The molecule has 3 nitrogen and oxygen atoms in total. The molecule has 1 aliphatic rings. The van der Waals surface area contributed by atoms with Gasteiger partial charge in [0.1, 0.15) is 6.29 Å². The van der Waals surface area contributed by atoms with Crippen molar-refractivity contribution in [2.24, 2.45) is 17.3 Å². The Kier molecular flexibility index (Phi) is 8.29. The monoisotopic (exact) mass is 314 g/mol. The van der Waals surface area contributed by atoms with Crippen molar-refractivity contribution in [2.75, 3.05) is 0 Å². The molecule has 0 bridgehead atoms. The summed E-state index contributed by atoms with van der Waals surface area (Å²) in [4.78, 5) is 10.3. The predicted molar refractivity (Wildman–Crippen MR) is 92.8 cm³/mol. The van der Waals surface area contributed by atoms with Crippen molar-refractivity contribution in [3.8, 4) is 0 Å². The fourth-order valence-corrected chi connectivity index (χ4v) is 3.19. The Hall–Kier alpha value is -0.410. The molecule has 3 heteroatoms. The maximum atomic E-state index is 10.3. The van der Waals surface area contributed by atoms with Gasteiger partial charge in [0, 0.05) is 11.8 Å². The average Bonchev–Trinajstić information content (AvgIpc) is 2.37. The molecular formula is C19H38O3. The third-order valence-corrected chi connectivity index (χ3v) is 5.28. The summed E-state index contributed by atoms with van der Waals surface area (Å²) in [6, 6.07) is 0. The first-order valence-electron chi connectivity index (χ1n) is 8.84. The lowest BCUT2D eigenvalue weighted by molar-refractivity contribution is -0.122. The molecule has 3 unspecified atom stereocenters. The molecule has 3 atom stereocenters. The SMILES string of the molecule is CC(C)C(C)(C)C=O.CCCC1(O)CC(C)CC(O)(CC)C1. The van der Waals surface area contributed by atoms with Crippen LogP contribution in [0.5, 0.6) is 0 Å². The first-order chi connectivity index (χ1) is 9.93. The number of hydrogen-bond acceptors (Lipinski definition) is 3. The number of aliphatic hydroxyl groups is 2. The van der Waals surface area contributed by atoms with Crippen LogP contribution < -0.4 is 0 Å².